The number of amides is 1. The Labute approximate surface area is 138 Å². The maximum Gasteiger partial charge on any atom is 0.256 e. The van der Waals surface area contributed by atoms with Crippen molar-refractivity contribution in [2.45, 2.75) is 32.4 Å². The average molecular weight is 333 g/mol. The predicted molar refractivity (Wildman–Crippen MR) is 90.8 cm³/mol. The molecule has 1 aliphatic heterocycles. The summed E-state index contributed by atoms with van der Waals surface area (Å²) < 4.78 is 0. The zero-order valence-electron chi connectivity index (χ0n) is 12.3. The first kappa shape index (κ1) is 14.1. The molecule has 0 spiro atoms. The van der Waals surface area contributed by atoms with Crippen molar-refractivity contribution in [3.63, 3.8) is 0 Å². The van der Waals surface area contributed by atoms with E-state index >= 15 is 0 Å². The highest BCUT2D eigenvalue weighted by Crippen LogP contribution is 2.42. The number of nitrogens with one attached hydrogen (secondary N) is 2. The maximum atomic E-state index is 12.6. The summed E-state index contributed by atoms with van der Waals surface area (Å²) in [5, 5.41) is 8.22. The fraction of sp³-hybridized carbons (Fsp3) is 0.353. The van der Waals surface area contributed by atoms with E-state index in [1.54, 1.807) is 11.3 Å². The van der Waals surface area contributed by atoms with Crippen LogP contribution in [0, 0.1) is 5.92 Å². The lowest BCUT2D eigenvalue weighted by atomic mass is 9.88. The summed E-state index contributed by atoms with van der Waals surface area (Å²) in [6, 6.07) is 7.61. The fourth-order valence-corrected chi connectivity index (χ4v) is 4.95. The molecule has 5 heteroatoms. The Morgan fingerprint density at radius 3 is 3.00 bits per heavy atom. The topological polar surface area (TPSA) is 41.1 Å². The van der Waals surface area contributed by atoms with Gasteiger partial charge in [0.05, 0.1) is 5.56 Å². The number of rotatable bonds is 1. The summed E-state index contributed by atoms with van der Waals surface area (Å²) in [4.78, 5) is 14.0. The van der Waals surface area contributed by atoms with Gasteiger partial charge in [0.25, 0.3) is 5.91 Å². The smallest absolute Gasteiger partial charge is 0.256 e. The van der Waals surface area contributed by atoms with Crippen LogP contribution in [0.2, 0.25) is 5.02 Å². The minimum absolute atomic E-state index is 0.0331. The monoisotopic (exact) mass is 332 g/mol. The normalized spacial score (nSPS) is 23.3. The third kappa shape index (κ3) is 2.31. The highest BCUT2D eigenvalue weighted by atomic mass is 35.5. The number of carbonyl (C=O) groups excluding carboxylic acids is 1. The number of fused-ring (bicyclic) bond motifs is 3. The molecule has 2 atom stereocenters. The molecule has 0 radical (unpaired) electrons. The van der Waals surface area contributed by atoms with Crippen LogP contribution in [-0.4, -0.2) is 5.91 Å². The first-order valence-corrected chi connectivity index (χ1v) is 8.78. The maximum absolute atomic E-state index is 12.6. The molecule has 1 aromatic carbocycles. The number of hydrogen-bond acceptors (Lipinski definition) is 3. The number of anilines is 1. The van der Waals surface area contributed by atoms with E-state index < -0.39 is 0 Å². The van der Waals surface area contributed by atoms with Gasteiger partial charge in [0.2, 0.25) is 0 Å². The van der Waals surface area contributed by atoms with E-state index in [0.29, 0.717) is 10.9 Å². The second-order valence-electron chi connectivity index (χ2n) is 6.16. The lowest BCUT2D eigenvalue weighted by molar-refractivity contribution is 0.0935. The molecule has 0 fully saturated rings. The van der Waals surface area contributed by atoms with Crippen LogP contribution in [0.4, 0.5) is 5.00 Å². The zero-order chi connectivity index (χ0) is 15.3. The van der Waals surface area contributed by atoms with Crippen molar-refractivity contribution in [3.8, 4) is 0 Å². The number of benzene rings is 1. The summed E-state index contributed by atoms with van der Waals surface area (Å²) >= 11 is 7.80. The molecule has 114 valence electrons. The van der Waals surface area contributed by atoms with E-state index in [9.17, 15) is 4.79 Å². The average Bonchev–Trinajstić information content (AvgIpc) is 2.84. The first-order chi connectivity index (χ1) is 10.6. The van der Waals surface area contributed by atoms with Crippen molar-refractivity contribution in [1.29, 1.82) is 0 Å². The summed E-state index contributed by atoms with van der Waals surface area (Å²) in [7, 11) is 0. The van der Waals surface area contributed by atoms with Crippen molar-refractivity contribution >= 4 is 33.8 Å². The van der Waals surface area contributed by atoms with E-state index in [2.05, 4.69) is 17.6 Å². The van der Waals surface area contributed by atoms with Crippen LogP contribution in [-0.2, 0) is 12.8 Å². The van der Waals surface area contributed by atoms with Crippen molar-refractivity contribution in [2.75, 3.05) is 5.32 Å². The molecule has 1 aromatic heterocycles. The third-order valence-electron chi connectivity index (χ3n) is 4.47. The predicted octanol–water partition coefficient (Wildman–Crippen LogP) is 4.38. The third-order valence-corrected chi connectivity index (χ3v) is 5.89. The molecule has 0 unspecified atom stereocenters. The molecule has 22 heavy (non-hydrogen) atoms. The molecule has 0 saturated carbocycles. The minimum atomic E-state index is -0.212. The van der Waals surface area contributed by atoms with Gasteiger partial charge in [-0.05, 0) is 48.4 Å². The second kappa shape index (κ2) is 5.28. The summed E-state index contributed by atoms with van der Waals surface area (Å²) in [5.41, 5.74) is 3.10. The Kier molecular flexibility index (Phi) is 3.39. The van der Waals surface area contributed by atoms with Crippen LogP contribution in [0.5, 0.6) is 0 Å². The van der Waals surface area contributed by atoms with E-state index in [4.69, 9.17) is 11.6 Å². The van der Waals surface area contributed by atoms with Gasteiger partial charge in [0.15, 0.2) is 0 Å². The highest BCUT2D eigenvalue weighted by molar-refractivity contribution is 7.16. The van der Waals surface area contributed by atoms with Gasteiger partial charge in [-0.25, -0.2) is 0 Å². The van der Waals surface area contributed by atoms with Crippen LogP contribution >= 0.6 is 22.9 Å². The van der Waals surface area contributed by atoms with Crippen molar-refractivity contribution in [3.05, 3.63) is 50.9 Å². The van der Waals surface area contributed by atoms with E-state index in [1.165, 1.54) is 16.9 Å². The van der Waals surface area contributed by atoms with E-state index in [-0.39, 0.29) is 12.1 Å². The molecular formula is C17H17ClN2OS. The van der Waals surface area contributed by atoms with Crippen LogP contribution in [0.3, 0.4) is 0 Å². The number of thiophene rings is 1. The Hall–Kier alpha value is -1.52. The van der Waals surface area contributed by atoms with Crippen molar-refractivity contribution in [1.82, 2.24) is 5.32 Å². The Morgan fingerprint density at radius 1 is 1.32 bits per heavy atom. The van der Waals surface area contributed by atoms with Crippen LogP contribution in [0.1, 0.15) is 45.9 Å². The number of hydrogen-bond donors (Lipinski definition) is 2. The summed E-state index contributed by atoms with van der Waals surface area (Å²) in [5.74, 6) is 0.741. The molecule has 2 aromatic rings. The second-order valence-corrected chi connectivity index (χ2v) is 7.70. The van der Waals surface area contributed by atoms with Crippen molar-refractivity contribution in [2.24, 2.45) is 5.92 Å². The largest absolute Gasteiger partial charge is 0.353 e. The number of halogens is 1. The summed E-state index contributed by atoms with van der Waals surface area (Å²) in [6.07, 6.45) is 3.06. The van der Waals surface area contributed by atoms with Gasteiger partial charge in [0.1, 0.15) is 11.2 Å². The van der Waals surface area contributed by atoms with Gasteiger partial charge in [-0.3, -0.25) is 4.79 Å². The molecule has 1 aliphatic carbocycles. The Balaban J connectivity index is 1.71. The van der Waals surface area contributed by atoms with E-state index in [1.807, 2.05) is 24.3 Å². The SMILES string of the molecule is C[C@H]1CCc2c(sc3c2C(=O)N[C@H](c2cccc(Cl)c2)N3)C1. The quantitative estimate of drug-likeness (QED) is 0.813. The van der Waals surface area contributed by atoms with Gasteiger partial charge in [-0.2, -0.15) is 0 Å². The molecule has 2 aliphatic rings. The van der Waals surface area contributed by atoms with Crippen LogP contribution in [0.25, 0.3) is 0 Å². The van der Waals surface area contributed by atoms with Gasteiger partial charge in [-0.15, -0.1) is 11.3 Å². The molecule has 2 heterocycles. The molecule has 1 amide bonds. The lowest BCUT2D eigenvalue weighted by Crippen LogP contribution is -2.38. The molecule has 4 rings (SSSR count). The highest BCUT2D eigenvalue weighted by Gasteiger charge is 2.33. The van der Waals surface area contributed by atoms with Crippen LogP contribution in [0.15, 0.2) is 24.3 Å². The molecule has 3 nitrogen and oxygen atoms in total. The first-order valence-electron chi connectivity index (χ1n) is 7.59. The molecule has 0 bridgehead atoms. The molecule has 0 saturated heterocycles. The Bertz CT molecular complexity index is 755. The van der Waals surface area contributed by atoms with Gasteiger partial charge in [0, 0.05) is 9.90 Å². The fourth-order valence-electron chi connectivity index (χ4n) is 3.32. The van der Waals surface area contributed by atoms with Crippen molar-refractivity contribution < 1.29 is 4.79 Å². The summed E-state index contributed by atoms with van der Waals surface area (Å²) in [6.45, 7) is 2.28. The van der Waals surface area contributed by atoms with Gasteiger partial charge in [-0.1, -0.05) is 30.7 Å². The Morgan fingerprint density at radius 2 is 2.18 bits per heavy atom. The standard InChI is InChI=1S/C17H17ClN2OS/c1-9-5-6-12-13(7-9)22-17-14(12)16(21)19-15(20-17)10-3-2-4-11(18)8-10/h2-4,8-9,15,20H,5-7H2,1H3,(H,19,21)/t9-,15-/m0/s1. The van der Waals surface area contributed by atoms with Gasteiger partial charge < -0.3 is 10.6 Å². The molecule has 2 N–H and O–H groups in total. The van der Waals surface area contributed by atoms with Crippen LogP contribution < -0.4 is 10.6 Å². The number of carbonyl (C=O) groups is 1. The van der Waals surface area contributed by atoms with Gasteiger partial charge >= 0.3 is 0 Å². The van der Waals surface area contributed by atoms with E-state index in [0.717, 1.165) is 29.0 Å². The lowest BCUT2D eigenvalue weighted by Gasteiger charge is -2.27. The minimum Gasteiger partial charge on any atom is -0.353 e. The zero-order valence-corrected chi connectivity index (χ0v) is 13.9. The molecular weight excluding hydrogens is 316 g/mol.